The summed E-state index contributed by atoms with van der Waals surface area (Å²) in [6, 6.07) is 7.21. The Balaban J connectivity index is 2.63. The third kappa shape index (κ3) is 4.59. The second-order valence-electron chi connectivity index (χ2n) is 2.67. The zero-order valence-electron chi connectivity index (χ0n) is 7.61. The van der Waals surface area contributed by atoms with Crippen LogP contribution in [0.25, 0.3) is 0 Å². The number of anilines is 1. The highest BCUT2D eigenvalue weighted by molar-refractivity contribution is 14.1. The molecule has 0 aliphatic heterocycles. The molecule has 0 saturated heterocycles. The van der Waals surface area contributed by atoms with Gasteiger partial charge in [-0.1, -0.05) is 6.07 Å². The van der Waals surface area contributed by atoms with Gasteiger partial charge in [0.2, 0.25) is 5.91 Å². The Morgan fingerprint density at radius 1 is 1.33 bits per heavy atom. The van der Waals surface area contributed by atoms with Crippen LogP contribution in [0.5, 0.6) is 0 Å². The second-order valence-corrected chi connectivity index (χ2v) is 3.92. The van der Waals surface area contributed by atoms with Crippen LogP contribution in [0.4, 0.5) is 5.69 Å². The zero-order valence-corrected chi connectivity index (χ0v) is 9.76. The fraction of sp³-hybridized carbons (Fsp3) is 0. The predicted molar refractivity (Wildman–Crippen MR) is 64.6 cm³/mol. The maximum absolute atomic E-state index is 11.2. The molecule has 4 nitrogen and oxygen atoms in total. The van der Waals surface area contributed by atoms with Crippen molar-refractivity contribution in [3.63, 3.8) is 0 Å². The maximum Gasteiger partial charge on any atom is 0.328 e. The van der Waals surface area contributed by atoms with E-state index in [9.17, 15) is 9.59 Å². The number of nitrogens with one attached hydrogen (secondary N) is 1. The van der Waals surface area contributed by atoms with Crippen LogP contribution in [0.2, 0.25) is 0 Å². The van der Waals surface area contributed by atoms with Gasteiger partial charge in [0, 0.05) is 21.4 Å². The van der Waals surface area contributed by atoms with E-state index in [1.165, 1.54) is 0 Å². The molecule has 0 fully saturated rings. The van der Waals surface area contributed by atoms with Crippen LogP contribution in [0, 0.1) is 3.57 Å². The highest BCUT2D eigenvalue weighted by Gasteiger charge is 1.98. The summed E-state index contributed by atoms with van der Waals surface area (Å²) in [5, 5.41) is 10.8. The van der Waals surface area contributed by atoms with Crippen LogP contribution in [0.1, 0.15) is 0 Å². The quantitative estimate of drug-likeness (QED) is 0.661. The van der Waals surface area contributed by atoms with Crippen molar-refractivity contribution in [2.24, 2.45) is 0 Å². The first-order valence-corrected chi connectivity index (χ1v) is 5.13. The van der Waals surface area contributed by atoms with Crippen molar-refractivity contribution >= 4 is 40.2 Å². The monoisotopic (exact) mass is 317 g/mol. The minimum Gasteiger partial charge on any atom is -0.478 e. The van der Waals surface area contributed by atoms with E-state index in [1.54, 1.807) is 18.2 Å². The standard InChI is InChI=1S/C10H8INO3/c11-7-2-1-3-8(6-7)12-9(13)4-5-10(14)15/h1-6H,(H,12,13)(H,14,15)/b5-4-. The predicted octanol–water partition coefficient (Wildman–Crippen LogP) is 1.87. The van der Waals surface area contributed by atoms with Crippen LogP contribution in [0.3, 0.4) is 0 Å². The lowest BCUT2D eigenvalue weighted by molar-refractivity contribution is -0.131. The van der Waals surface area contributed by atoms with E-state index < -0.39 is 11.9 Å². The van der Waals surface area contributed by atoms with Crippen molar-refractivity contribution in [3.05, 3.63) is 40.0 Å². The van der Waals surface area contributed by atoms with Gasteiger partial charge in [-0.15, -0.1) is 0 Å². The van der Waals surface area contributed by atoms with Gasteiger partial charge in [0.05, 0.1) is 0 Å². The van der Waals surface area contributed by atoms with Crippen LogP contribution in [0.15, 0.2) is 36.4 Å². The molecule has 0 unspecified atom stereocenters. The minimum atomic E-state index is -1.15. The van der Waals surface area contributed by atoms with E-state index in [4.69, 9.17) is 5.11 Å². The molecular formula is C10H8INO3. The number of aliphatic carboxylic acids is 1. The molecule has 78 valence electrons. The molecule has 0 spiro atoms. The molecule has 0 bridgehead atoms. The Morgan fingerprint density at radius 3 is 2.67 bits per heavy atom. The molecule has 2 N–H and O–H groups in total. The Bertz CT molecular complexity index is 415. The van der Waals surface area contributed by atoms with Gasteiger partial charge >= 0.3 is 5.97 Å². The summed E-state index contributed by atoms with van der Waals surface area (Å²) in [6.45, 7) is 0. The molecule has 0 heterocycles. The lowest BCUT2D eigenvalue weighted by Crippen LogP contribution is -2.08. The normalized spacial score (nSPS) is 10.2. The van der Waals surface area contributed by atoms with Crippen molar-refractivity contribution in [1.29, 1.82) is 0 Å². The van der Waals surface area contributed by atoms with Crippen LogP contribution in [-0.2, 0) is 9.59 Å². The van der Waals surface area contributed by atoms with Crippen LogP contribution >= 0.6 is 22.6 Å². The molecule has 0 saturated carbocycles. The van der Waals surface area contributed by atoms with Gasteiger partial charge in [-0.25, -0.2) is 4.79 Å². The van der Waals surface area contributed by atoms with Gasteiger partial charge in [-0.05, 0) is 40.8 Å². The van der Waals surface area contributed by atoms with Gasteiger partial charge in [-0.2, -0.15) is 0 Å². The molecule has 0 radical (unpaired) electrons. The number of carboxylic acids is 1. The van der Waals surface area contributed by atoms with E-state index in [0.717, 1.165) is 15.7 Å². The molecule has 0 aromatic heterocycles. The molecule has 0 aliphatic carbocycles. The molecule has 15 heavy (non-hydrogen) atoms. The van der Waals surface area contributed by atoms with E-state index in [1.807, 2.05) is 6.07 Å². The smallest absolute Gasteiger partial charge is 0.328 e. The summed E-state index contributed by atoms with van der Waals surface area (Å²) in [5.41, 5.74) is 0.641. The van der Waals surface area contributed by atoms with Crippen LogP contribution in [-0.4, -0.2) is 17.0 Å². The topological polar surface area (TPSA) is 66.4 Å². The Labute approximate surface area is 100 Å². The van der Waals surface area contributed by atoms with E-state index in [-0.39, 0.29) is 0 Å². The molecule has 5 heteroatoms. The van der Waals surface area contributed by atoms with Gasteiger partial charge in [0.25, 0.3) is 0 Å². The number of hydrogen-bond donors (Lipinski definition) is 2. The largest absolute Gasteiger partial charge is 0.478 e. The van der Waals surface area contributed by atoms with Gasteiger partial charge in [-0.3, -0.25) is 4.79 Å². The number of hydrogen-bond acceptors (Lipinski definition) is 2. The fourth-order valence-electron chi connectivity index (χ4n) is 0.897. The first-order chi connectivity index (χ1) is 7.08. The van der Waals surface area contributed by atoms with Gasteiger partial charge in [0.15, 0.2) is 0 Å². The van der Waals surface area contributed by atoms with E-state index >= 15 is 0 Å². The summed E-state index contributed by atoms with van der Waals surface area (Å²) < 4.78 is 0.993. The number of carbonyl (C=O) groups is 2. The number of carboxylic acid groups (broad SMARTS) is 1. The van der Waals surface area contributed by atoms with Crippen molar-refractivity contribution in [1.82, 2.24) is 0 Å². The first kappa shape index (κ1) is 11.7. The SMILES string of the molecule is O=C(O)/C=C\C(=O)Nc1cccc(I)c1. The second kappa shape index (κ2) is 5.50. The Hall–Kier alpha value is -1.37. The third-order valence-corrected chi connectivity index (χ3v) is 2.14. The van der Waals surface area contributed by atoms with Gasteiger partial charge < -0.3 is 10.4 Å². The third-order valence-electron chi connectivity index (χ3n) is 1.47. The number of carbonyl (C=O) groups excluding carboxylic acids is 1. The minimum absolute atomic E-state index is 0.459. The molecular weight excluding hydrogens is 309 g/mol. The lowest BCUT2D eigenvalue weighted by Gasteiger charge is -2.01. The van der Waals surface area contributed by atoms with Gasteiger partial charge in [0.1, 0.15) is 0 Å². The van der Waals surface area contributed by atoms with Crippen LogP contribution < -0.4 is 5.32 Å². The maximum atomic E-state index is 11.2. The Kier molecular flexibility index (Phi) is 4.29. The summed E-state index contributed by atoms with van der Waals surface area (Å²) in [7, 11) is 0. The first-order valence-electron chi connectivity index (χ1n) is 4.05. The molecule has 0 atom stereocenters. The van der Waals surface area contributed by atoms with Crippen molar-refractivity contribution in [2.45, 2.75) is 0 Å². The van der Waals surface area contributed by atoms with Crippen molar-refractivity contribution in [3.8, 4) is 0 Å². The molecule has 1 rings (SSSR count). The lowest BCUT2D eigenvalue weighted by atomic mass is 10.3. The molecule has 1 amide bonds. The zero-order chi connectivity index (χ0) is 11.3. The number of benzene rings is 1. The molecule has 1 aromatic rings. The number of rotatable bonds is 3. The van der Waals surface area contributed by atoms with E-state index in [0.29, 0.717) is 5.69 Å². The average Bonchev–Trinajstić information content (AvgIpc) is 2.15. The fourth-order valence-corrected chi connectivity index (χ4v) is 1.44. The molecule has 0 aliphatic rings. The summed E-state index contributed by atoms with van der Waals surface area (Å²) in [4.78, 5) is 21.3. The molecule has 1 aromatic carbocycles. The van der Waals surface area contributed by atoms with Crippen molar-refractivity contribution < 1.29 is 14.7 Å². The highest BCUT2D eigenvalue weighted by Crippen LogP contribution is 2.12. The summed E-state index contributed by atoms with van der Waals surface area (Å²) >= 11 is 2.12. The average molecular weight is 317 g/mol. The van der Waals surface area contributed by atoms with Crippen molar-refractivity contribution in [2.75, 3.05) is 5.32 Å². The summed E-state index contributed by atoms with van der Waals surface area (Å²) in [6.07, 6.45) is 1.77. The number of halogens is 1. The Morgan fingerprint density at radius 2 is 2.07 bits per heavy atom. The highest BCUT2D eigenvalue weighted by atomic mass is 127. The summed E-state index contributed by atoms with van der Waals surface area (Å²) in [5.74, 6) is -1.60. The van der Waals surface area contributed by atoms with E-state index in [2.05, 4.69) is 27.9 Å². The number of amides is 1.